The van der Waals surface area contributed by atoms with Crippen LogP contribution in [0.25, 0.3) is 0 Å². The molecule has 0 saturated heterocycles. The van der Waals surface area contributed by atoms with E-state index >= 15 is 0 Å². The maximum Gasteiger partial charge on any atom is 0.408 e. The number of ether oxygens (including phenoxy) is 2. The smallest absolute Gasteiger partial charge is 0.408 e. The maximum absolute atomic E-state index is 13.4. The zero-order valence-electron chi connectivity index (χ0n) is 23.0. The first kappa shape index (κ1) is 30.6. The molecule has 0 aliphatic heterocycles. The molecule has 1 aromatic carbocycles. The summed E-state index contributed by atoms with van der Waals surface area (Å²) in [5.74, 6) is -2.53. The topological polar surface area (TPSA) is 166 Å². The van der Waals surface area contributed by atoms with E-state index in [0.717, 1.165) is 5.56 Å². The Hall–Kier alpha value is -3.63. The van der Waals surface area contributed by atoms with Gasteiger partial charge in [-0.3, -0.25) is 14.4 Å². The van der Waals surface area contributed by atoms with Crippen molar-refractivity contribution in [3.05, 3.63) is 35.9 Å². The SMILES string of the molecule is CC(C)(C)OC(=O)NC1(C(=O)N[C@@H](Cc2ccccc2)C(=O)N[C@@H](CCC(N)=O)C(=O)OC(C)(C)C)CC1. The van der Waals surface area contributed by atoms with Crippen LogP contribution in [-0.2, 0) is 35.1 Å². The Morgan fingerprint density at radius 1 is 0.895 bits per heavy atom. The fraction of sp³-hybridized carbons (Fsp3) is 0.593. The van der Waals surface area contributed by atoms with Gasteiger partial charge >= 0.3 is 12.1 Å². The number of hydrogen-bond acceptors (Lipinski definition) is 7. The third-order valence-corrected chi connectivity index (χ3v) is 5.52. The van der Waals surface area contributed by atoms with Crippen LogP contribution >= 0.6 is 0 Å². The van der Waals surface area contributed by atoms with Crippen LogP contribution in [0.2, 0.25) is 0 Å². The van der Waals surface area contributed by atoms with Gasteiger partial charge in [0, 0.05) is 12.8 Å². The van der Waals surface area contributed by atoms with Gasteiger partial charge in [-0.2, -0.15) is 0 Å². The highest BCUT2D eigenvalue weighted by Crippen LogP contribution is 2.36. The number of benzene rings is 1. The Kier molecular flexibility index (Phi) is 9.88. The van der Waals surface area contributed by atoms with Gasteiger partial charge in [-0.1, -0.05) is 30.3 Å². The van der Waals surface area contributed by atoms with Crippen LogP contribution in [0.4, 0.5) is 4.79 Å². The molecule has 2 rings (SSSR count). The summed E-state index contributed by atoms with van der Waals surface area (Å²) >= 11 is 0. The molecule has 38 heavy (non-hydrogen) atoms. The quantitative estimate of drug-likeness (QED) is 0.316. The summed E-state index contributed by atoms with van der Waals surface area (Å²) in [6.45, 7) is 10.2. The average Bonchev–Trinajstić information content (AvgIpc) is 3.54. The number of hydrogen-bond donors (Lipinski definition) is 4. The number of carbonyl (C=O) groups is 5. The van der Waals surface area contributed by atoms with Crippen LogP contribution in [0.15, 0.2) is 30.3 Å². The molecule has 11 heteroatoms. The number of alkyl carbamates (subject to hydrolysis) is 1. The second-order valence-electron chi connectivity index (χ2n) is 11.5. The molecule has 0 bridgehead atoms. The summed E-state index contributed by atoms with van der Waals surface area (Å²) in [6.07, 6.45) is -0.0498. The number of nitrogens with two attached hydrogens (primary N) is 1. The van der Waals surface area contributed by atoms with Gasteiger partial charge in [0.25, 0.3) is 0 Å². The minimum absolute atomic E-state index is 0.0634. The molecule has 1 aromatic rings. The Labute approximate surface area is 223 Å². The molecule has 0 aromatic heterocycles. The minimum Gasteiger partial charge on any atom is -0.458 e. The Morgan fingerprint density at radius 2 is 1.47 bits per heavy atom. The number of nitrogens with one attached hydrogen (secondary N) is 3. The second-order valence-corrected chi connectivity index (χ2v) is 11.5. The molecule has 210 valence electrons. The molecule has 2 atom stereocenters. The lowest BCUT2D eigenvalue weighted by molar-refractivity contribution is -0.159. The summed E-state index contributed by atoms with van der Waals surface area (Å²) in [5, 5.41) is 7.96. The van der Waals surface area contributed by atoms with Crippen LogP contribution < -0.4 is 21.7 Å². The van der Waals surface area contributed by atoms with Gasteiger partial charge in [-0.25, -0.2) is 9.59 Å². The number of rotatable bonds is 11. The Balaban J connectivity index is 2.21. The minimum atomic E-state index is -1.19. The first-order chi connectivity index (χ1) is 17.5. The van der Waals surface area contributed by atoms with Gasteiger partial charge < -0.3 is 31.2 Å². The molecular weight excluding hydrogens is 492 g/mol. The molecule has 0 heterocycles. The predicted molar refractivity (Wildman–Crippen MR) is 140 cm³/mol. The molecule has 5 N–H and O–H groups in total. The van der Waals surface area contributed by atoms with Crippen molar-refractivity contribution in [3.63, 3.8) is 0 Å². The van der Waals surface area contributed by atoms with E-state index < -0.39 is 58.6 Å². The van der Waals surface area contributed by atoms with E-state index in [0.29, 0.717) is 12.8 Å². The highest BCUT2D eigenvalue weighted by Gasteiger charge is 2.52. The van der Waals surface area contributed by atoms with Crippen LogP contribution in [0, 0.1) is 0 Å². The van der Waals surface area contributed by atoms with Crippen LogP contribution in [-0.4, -0.2) is 58.6 Å². The number of esters is 1. The highest BCUT2D eigenvalue weighted by atomic mass is 16.6. The van der Waals surface area contributed by atoms with Gasteiger partial charge in [0.1, 0.15) is 28.8 Å². The van der Waals surface area contributed by atoms with Crippen molar-refractivity contribution < 1.29 is 33.4 Å². The standard InChI is InChI=1S/C27H40N4O7/c1-25(2,3)37-22(34)18(12-13-20(28)32)29-21(33)19(16-17-10-8-7-9-11-17)30-23(35)27(14-15-27)31-24(36)38-26(4,5)6/h7-11,18-19H,12-16H2,1-6H3,(H2,28,32)(H,29,33)(H,30,35)(H,31,36)/t18-,19-/m0/s1. The van der Waals surface area contributed by atoms with Crippen LogP contribution in [0.3, 0.4) is 0 Å². The predicted octanol–water partition coefficient (Wildman–Crippen LogP) is 1.86. The largest absolute Gasteiger partial charge is 0.458 e. The van der Waals surface area contributed by atoms with Crippen molar-refractivity contribution >= 4 is 29.8 Å². The molecule has 0 radical (unpaired) electrons. The summed E-state index contributed by atoms with van der Waals surface area (Å²) < 4.78 is 10.7. The zero-order chi connectivity index (χ0) is 28.7. The number of carbonyl (C=O) groups excluding carboxylic acids is 5. The molecule has 1 fully saturated rings. The van der Waals surface area contributed by atoms with Crippen LogP contribution in [0.1, 0.15) is 72.8 Å². The van der Waals surface area contributed by atoms with Gasteiger partial charge in [0.05, 0.1) is 0 Å². The Bertz CT molecular complexity index is 1020. The Morgan fingerprint density at radius 3 is 1.97 bits per heavy atom. The van der Waals surface area contributed by atoms with Gasteiger partial charge in [-0.15, -0.1) is 0 Å². The van der Waals surface area contributed by atoms with E-state index in [1.807, 2.05) is 6.07 Å². The normalized spacial score (nSPS) is 15.8. The van der Waals surface area contributed by atoms with Gasteiger partial charge in [0.2, 0.25) is 17.7 Å². The maximum atomic E-state index is 13.4. The van der Waals surface area contributed by atoms with E-state index in [1.54, 1.807) is 65.8 Å². The molecule has 4 amide bonds. The average molecular weight is 533 g/mol. The van der Waals surface area contributed by atoms with Crippen molar-refractivity contribution in [1.29, 1.82) is 0 Å². The van der Waals surface area contributed by atoms with E-state index in [2.05, 4.69) is 16.0 Å². The number of amides is 4. The third-order valence-electron chi connectivity index (χ3n) is 5.52. The van der Waals surface area contributed by atoms with Crippen molar-refractivity contribution in [2.75, 3.05) is 0 Å². The third kappa shape index (κ3) is 10.4. The molecular formula is C27H40N4O7. The molecule has 0 unspecified atom stereocenters. The summed E-state index contributed by atoms with van der Waals surface area (Å²) in [4.78, 5) is 63.1. The van der Waals surface area contributed by atoms with Crippen molar-refractivity contribution in [2.45, 2.75) is 102 Å². The molecule has 1 saturated carbocycles. The molecule has 11 nitrogen and oxygen atoms in total. The fourth-order valence-electron chi connectivity index (χ4n) is 3.57. The van der Waals surface area contributed by atoms with E-state index in [4.69, 9.17) is 15.2 Å². The number of primary amides is 1. The zero-order valence-corrected chi connectivity index (χ0v) is 23.0. The summed E-state index contributed by atoms with van der Waals surface area (Å²) in [7, 11) is 0. The van der Waals surface area contributed by atoms with Crippen molar-refractivity contribution in [3.8, 4) is 0 Å². The highest BCUT2D eigenvalue weighted by molar-refractivity contribution is 5.97. The van der Waals surface area contributed by atoms with E-state index in [9.17, 15) is 24.0 Å². The lowest BCUT2D eigenvalue weighted by Gasteiger charge is -2.27. The van der Waals surface area contributed by atoms with Gasteiger partial charge in [-0.05, 0) is 66.4 Å². The lowest BCUT2D eigenvalue weighted by Crippen LogP contribution is -2.58. The molecule has 0 spiro atoms. The summed E-state index contributed by atoms with van der Waals surface area (Å²) in [5.41, 5.74) is 3.27. The van der Waals surface area contributed by atoms with E-state index in [1.165, 1.54) is 0 Å². The van der Waals surface area contributed by atoms with Crippen molar-refractivity contribution in [1.82, 2.24) is 16.0 Å². The second kappa shape index (κ2) is 12.3. The van der Waals surface area contributed by atoms with Gasteiger partial charge in [0.15, 0.2) is 0 Å². The molecule has 1 aliphatic rings. The van der Waals surface area contributed by atoms with Crippen molar-refractivity contribution in [2.24, 2.45) is 5.73 Å². The fourth-order valence-corrected chi connectivity index (χ4v) is 3.57. The monoisotopic (exact) mass is 532 g/mol. The molecule has 1 aliphatic carbocycles. The first-order valence-electron chi connectivity index (χ1n) is 12.7. The van der Waals surface area contributed by atoms with Crippen LogP contribution in [0.5, 0.6) is 0 Å². The first-order valence-corrected chi connectivity index (χ1v) is 12.7. The van der Waals surface area contributed by atoms with E-state index in [-0.39, 0.29) is 19.3 Å². The summed E-state index contributed by atoms with van der Waals surface area (Å²) in [6, 6.07) is 6.79. The lowest BCUT2D eigenvalue weighted by atomic mass is 10.0.